The first-order valence-electron chi connectivity index (χ1n) is 5.24. The molecule has 3 rings (SSSR count). The average Bonchev–Trinajstić information content (AvgIpc) is 2.76. The Balaban J connectivity index is 2.01. The van der Waals surface area contributed by atoms with Gasteiger partial charge in [-0.25, -0.2) is 0 Å². The van der Waals surface area contributed by atoms with Gasteiger partial charge in [-0.1, -0.05) is 11.2 Å². The molecule has 3 nitrogen and oxygen atoms in total. The van der Waals surface area contributed by atoms with E-state index in [4.69, 9.17) is 9.57 Å². The lowest BCUT2D eigenvalue weighted by atomic mass is 9.82. The van der Waals surface area contributed by atoms with Gasteiger partial charge in [0.25, 0.3) is 0 Å². The number of oxime groups is 1. The van der Waals surface area contributed by atoms with Crippen LogP contribution in [0, 0.1) is 5.92 Å². The van der Waals surface area contributed by atoms with Crippen molar-refractivity contribution >= 4 is 6.21 Å². The summed E-state index contributed by atoms with van der Waals surface area (Å²) in [5.41, 5.74) is 2.60. The van der Waals surface area contributed by atoms with Gasteiger partial charge in [0.15, 0.2) is 6.10 Å². The minimum absolute atomic E-state index is 0.139. The Bertz CT molecular complexity index is 414. The Morgan fingerprint density at radius 2 is 2.40 bits per heavy atom. The first-order valence-corrected chi connectivity index (χ1v) is 5.24. The molecule has 0 amide bonds. The maximum atomic E-state index is 5.39. The fourth-order valence-corrected chi connectivity index (χ4v) is 2.37. The summed E-state index contributed by atoms with van der Waals surface area (Å²) in [7, 11) is 1.70. The van der Waals surface area contributed by atoms with Gasteiger partial charge in [0.2, 0.25) is 0 Å². The molecule has 1 heterocycles. The number of hydrogen-bond donors (Lipinski definition) is 0. The SMILES string of the molecule is COc1ccc2c(c1)CCC1C=NOC21. The van der Waals surface area contributed by atoms with Gasteiger partial charge in [-0.15, -0.1) is 0 Å². The van der Waals surface area contributed by atoms with Crippen molar-refractivity contribution in [2.75, 3.05) is 7.11 Å². The van der Waals surface area contributed by atoms with E-state index in [2.05, 4.69) is 17.3 Å². The number of fused-ring (bicyclic) bond motifs is 3. The van der Waals surface area contributed by atoms with Crippen molar-refractivity contribution in [2.45, 2.75) is 18.9 Å². The van der Waals surface area contributed by atoms with Crippen molar-refractivity contribution in [1.82, 2.24) is 0 Å². The Labute approximate surface area is 88.7 Å². The van der Waals surface area contributed by atoms with E-state index in [0.717, 1.165) is 18.6 Å². The molecule has 2 atom stereocenters. The van der Waals surface area contributed by atoms with Crippen LogP contribution in [-0.4, -0.2) is 13.3 Å². The molecular weight excluding hydrogens is 190 g/mol. The van der Waals surface area contributed by atoms with Crippen LogP contribution in [-0.2, 0) is 11.3 Å². The smallest absolute Gasteiger partial charge is 0.160 e. The third-order valence-electron chi connectivity index (χ3n) is 3.22. The average molecular weight is 203 g/mol. The number of benzene rings is 1. The normalized spacial score (nSPS) is 26.7. The summed E-state index contributed by atoms with van der Waals surface area (Å²) in [6.45, 7) is 0. The fraction of sp³-hybridized carbons (Fsp3) is 0.417. The zero-order chi connectivity index (χ0) is 10.3. The third-order valence-corrected chi connectivity index (χ3v) is 3.22. The molecule has 0 bridgehead atoms. The maximum absolute atomic E-state index is 5.39. The van der Waals surface area contributed by atoms with Gasteiger partial charge in [-0.3, -0.25) is 0 Å². The summed E-state index contributed by atoms with van der Waals surface area (Å²) in [5.74, 6) is 1.39. The topological polar surface area (TPSA) is 30.8 Å². The van der Waals surface area contributed by atoms with Crippen molar-refractivity contribution in [3.05, 3.63) is 29.3 Å². The number of aryl methyl sites for hydroxylation is 1. The monoisotopic (exact) mass is 203 g/mol. The lowest BCUT2D eigenvalue weighted by Crippen LogP contribution is -2.18. The molecule has 0 spiro atoms. The highest BCUT2D eigenvalue weighted by atomic mass is 16.6. The van der Waals surface area contributed by atoms with Gasteiger partial charge in [-0.2, -0.15) is 0 Å². The maximum Gasteiger partial charge on any atom is 0.160 e. The minimum Gasteiger partial charge on any atom is -0.497 e. The van der Waals surface area contributed by atoms with Crippen molar-refractivity contribution in [2.24, 2.45) is 11.1 Å². The van der Waals surface area contributed by atoms with Gasteiger partial charge in [0.05, 0.1) is 13.3 Å². The summed E-state index contributed by atoms with van der Waals surface area (Å²) < 4.78 is 5.22. The number of hydrogen-bond acceptors (Lipinski definition) is 3. The number of rotatable bonds is 1. The van der Waals surface area contributed by atoms with E-state index in [1.165, 1.54) is 11.1 Å². The van der Waals surface area contributed by atoms with Gasteiger partial charge in [-0.05, 0) is 36.1 Å². The molecular formula is C12H13NO2. The lowest BCUT2D eigenvalue weighted by Gasteiger charge is -2.25. The van der Waals surface area contributed by atoms with Crippen LogP contribution in [0.4, 0.5) is 0 Å². The van der Waals surface area contributed by atoms with E-state index in [1.54, 1.807) is 7.11 Å². The molecule has 1 aromatic rings. The van der Waals surface area contributed by atoms with Crippen molar-refractivity contribution in [3.8, 4) is 5.75 Å². The molecule has 0 N–H and O–H groups in total. The molecule has 78 valence electrons. The van der Waals surface area contributed by atoms with Crippen LogP contribution < -0.4 is 4.74 Å². The standard InChI is InChI=1S/C12H13NO2/c1-14-10-4-5-11-8(6-10)2-3-9-7-13-15-12(9)11/h4-7,9,12H,2-3H2,1H3. The molecule has 1 aliphatic heterocycles. The lowest BCUT2D eigenvalue weighted by molar-refractivity contribution is 0.0541. The zero-order valence-corrected chi connectivity index (χ0v) is 8.64. The molecule has 1 aliphatic carbocycles. The molecule has 15 heavy (non-hydrogen) atoms. The van der Waals surface area contributed by atoms with Crippen LogP contribution in [0.15, 0.2) is 23.4 Å². The van der Waals surface area contributed by atoms with Crippen LogP contribution in [0.2, 0.25) is 0 Å². The Morgan fingerprint density at radius 3 is 3.27 bits per heavy atom. The predicted molar refractivity (Wildman–Crippen MR) is 57.1 cm³/mol. The second kappa shape index (κ2) is 3.26. The summed E-state index contributed by atoms with van der Waals surface area (Å²) in [5, 5.41) is 3.91. The molecule has 0 fully saturated rings. The number of nitrogens with zero attached hydrogens (tertiary/aromatic N) is 1. The van der Waals surface area contributed by atoms with Crippen LogP contribution in [0.1, 0.15) is 23.7 Å². The highest BCUT2D eigenvalue weighted by Gasteiger charge is 2.33. The summed E-state index contributed by atoms with van der Waals surface area (Å²) >= 11 is 0. The molecule has 2 unspecified atom stereocenters. The second-order valence-electron chi connectivity index (χ2n) is 4.05. The molecule has 0 radical (unpaired) electrons. The van der Waals surface area contributed by atoms with E-state index >= 15 is 0 Å². The quantitative estimate of drug-likeness (QED) is 0.701. The Hall–Kier alpha value is -1.51. The highest BCUT2D eigenvalue weighted by molar-refractivity contribution is 5.64. The molecule has 0 saturated carbocycles. The number of methoxy groups -OCH3 is 1. The molecule has 2 aliphatic rings. The molecule has 3 heteroatoms. The van der Waals surface area contributed by atoms with Gasteiger partial charge in [0, 0.05) is 5.92 Å². The first-order chi connectivity index (χ1) is 7.38. The van der Waals surface area contributed by atoms with Crippen LogP contribution in [0.5, 0.6) is 5.75 Å². The largest absolute Gasteiger partial charge is 0.497 e. The summed E-state index contributed by atoms with van der Waals surface area (Å²) in [6.07, 6.45) is 4.27. The second-order valence-corrected chi connectivity index (χ2v) is 4.05. The molecule has 1 aromatic carbocycles. The van der Waals surface area contributed by atoms with Gasteiger partial charge < -0.3 is 9.57 Å². The van der Waals surface area contributed by atoms with Crippen molar-refractivity contribution in [1.29, 1.82) is 0 Å². The minimum atomic E-state index is 0.139. The molecule has 0 saturated heterocycles. The fourth-order valence-electron chi connectivity index (χ4n) is 2.37. The first kappa shape index (κ1) is 8.77. The summed E-state index contributed by atoms with van der Waals surface area (Å²) in [4.78, 5) is 5.39. The summed E-state index contributed by atoms with van der Waals surface area (Å²) in [6, 6.07) is 6.19. The van der Waals surface area contributed by atoms with Crippen LogP contribution in [0.25, 0.3) is 0 Å². The van der Waals surface area contributed by atoms with E-state index in [0.29, 0.717) is 5.92 Å². The Kier molecular flexibility index (Phi) is 1.91. The van der Waals surface area contributed by atoms with E-state index in [9.17, 15) is 0 Å². The van der Waals surface area contributed by atoms with Crippen molar-refractivity contribution < 1.29 is 9.57 Å². The van der Waals surface area contributed by atoms with E-state index in [1.807, 2.05) is 12.3 Å². The highest BCUT2D eigenvalue weighted by Crippen LogP contribution is 2.40. The van der Waals surface area contributed by atoms with Gasteiger partial charge in [0.1, 0.15) is 5.75 Å². The number of ether oxygens (including phenoxy) is 1. The molecule has 0 aromatic heterocycles. The van der Waals surface area contributed by atoms with E-state index in [-0.39, 0.29) is 6.10 Å². The van der Waals surface area contributed by atoms with E-state index < -0.39 is 0 Å². The van der Waals surface area contributed by atoms with Gasteiger partial charge >= 0.3 is 0 Å². The van der Waals surface area contributed by atoms with Crippen molar-refractivity contribution in [3.63, 3.8) is 0 Å². The predicted octanol–water partition coefficient (Wildman–Crippen LogP) is 2.31. The zero-order valence-electron chi connectivity index (χ0n) is 8.64. The third kappa shape index (κ3) is 1.30. The van der Waals surface area contributed by atoms with Crippen LogP contribution in [0.3, 0.4) is 0 Å². The Morgan fingerprint density at radius 1 is 1.47 bits per heavy atom. The van der Waals surface area contributed by atoms with Crippen LogP contribution >= 0.6 is 0 Å².